The molecule has 3 rings (SSSR count). The number of thiazole rings is 1. The molecule has 2 heterocycles. The van der Waals surface area contributed by atoms with Gasteiger partial charge in [-0.1, -0.05) is 0 Å². The largest absolute Gasteiger partial charge is 0.382 e. The van der Waals surface area contributed by atoms with Crippen molar-refractivity contribution >= 4 is 28.2 Å². The summed E-state index contributed by atoms with van der Waals surface area (Å²) in [4.78, 5) is 25.3. The first-order chi connectivity index (χ1) is 8.72. The number of nitrogens with two attached hydrogens (primary N) is 1. The van der Waals surface area contributed by atoms with E-state index in [0.29, 0.717) is 5.13 Å². The predicted octanol–water partition coefficient (Wildman–Crippen LogP) is 1.26. The van der Waals surface area contributed by atoms with Gasteiger partial charge in [0.15, 0.2) is 5.13 Å². The highest BCUT2D eigenvalue weighted by Gasteiger charge is 2.18. The Morgan fingerprint density at radius 2 is 2.22 bits per heavy atom. The van der Waals surface area contributed by atoms with Crippen LogP contribution in [0.4, 0.5) is 10.9 Å². The fourth-order valence-corrected chi connectivity index (χ4v) is 2.94. The molecular formula is C11H11N5OS. The maximum atomic E-state index is 11.9. The Morgan fingerprint density at radius 3 is 3.00 bits per heavy atom. The molecule has 18 heavy (non-hydrogen) atoms. The van der Waals surface area contributed by atoms with Gasteiger partial charge < -0.3 is 5.73 Å². The number of nitrogen functional groups attached to an aromatic ring is 1. The maximum absolute atomic E-state index is 11.9. The summed E-state index contributed by atoms with van der Waals surface area (Å²) in [7, 11) is 0. The van der Waals surface area contributed by atoms with Crippen LogP contribution in [0.3, 0.4) is 0 Å². The van der Waals surface area contributed by atoms with E-state index in [4.69, 9.17) is 5.73 Å². The van der Waals surface area contributed by atoms with Gasteiger partial charge in [-0.3, -0.25) is 15.1 Å². The van der Waals surface area contributed by atoms with E-state index in [2.05, 4.69) is 20.3 Å². The molecule has 0 fully saturated rings. The molecule has 3 N–H and O–H groups in total. The van der Waals surface area contributed by atoms with Crippen molar-refractivity contribution in [1.82, 2.24) is 15.0 Å². The zero-order valence-electron chi connectivity index (χ0n) is 9.51. The first kappa shape index (κ1) is 11.1. The van der Waals surface area contributed by atoms with Crippen molar-refractivity contribution in [3.63, 3.8) is 0 Å². The van der Waals surface area contributed by atoms with Crippen LogP contribution < -0.4 is 11.1 Å². The Morgan fingerprint density at radius 1 is 1.33 bits per heavy atom. The summed E-state index contributed by atoms with van der Waals surface area (Å²) in [5, 5.41) is 3.34. The number of aryl methyl sites for hydroxylation is 2. The summed E-state index contributed by atoms with van der Waals surface area (Å²) in [5.41, 5.74) is 6.79. The smallest absolute Gasteiger partial charge is 0.277 e. The molecule has 0 aliphatic heterocycles. The van der Waals surface area contributed by atoms with Gasteiger partial charge in [-0.2, -0.15) is 0 Å². The number of nitrogens with zero attached hydrogens (tertiary/aromatic N) is 3. The standard InChI is InChI=1S/C11H11N5OS/c12-9-5-13-4-7(14-9)10(17)16-11-15-6-2-1-3-8(6)18-11/h4-5H,1-3H2,(H2,12,14)(H,15,16,17). The molecule has 0 saturated heterocycles. The Bertz CT molecular complexity index is 588. The van der Waals surface area contributed by atoms with Crippen molar-refractivity contribution in [1.29, 1.82) is 0 Å². The number of rotatable bonds is 2. The third-order valence-corrected chi connectivity index (χ3v) is 3.77. The summed E-state index contributed by atoms with van der Waals surface area (Å²) in [6.45, 7) is 0. The molecule has 92 valence electrons. The topological polar surface area (TPSA) is 93.8 Å². The van der Waals surface area contributed by atoms with Crippen LogP contribution in [-0.2, 0) is 12.8 Å². The lowest BCUT2D eigenvalue weighted by molar-refractivity contribution is 0.102. The highest BCUT2D eigenvalue weighted by atomic mass is 32.1. The van der Waals surface area contributed by atoms with E-state index in [1.807, 2.05) is 0 Å². The van der Waals surface area contributed by atoms with Gasteiger partial charge in [0.05, 0.1) is 18.1 Å². The van der Waals surface area contributed by atoms with Crippen molar-refractivity contribution < 1.29 is 4.79 Å². The van der Waals surface area contributed by atoms with Crippen molar-refractivity contribution in [2.24, 2.45) is 0 Å². The van der Waals surface area contributed by atoms with Crippen LogP contribution in [0.25, 0.3) is 0 Å². The van der Waals surface area contributed by atoms with E-state index >= 15 is 0 Å². The molecule has 0 unspecified atom stereocenters. The third kappa shape index (κ3) is 2.04. The average molecular weight is 261 g/mol. The second kappa shape index (κ2) is 4.34. The highest BCUT2D eigenvalue weighted by molar-refractivity contribution is 7.15. The van der Waals surface area contributed by atoms with Crippen LogP contribution in [0.5, 0.6) is 0 Å². The number of anilines is 2. The quantitative estimate of drug-likeness (QED) is 0.848. The second-order valence-corrected chi connectivity index (χ2v) is 5.11. The van der Waals surface area contributed by atoms with Gasteiger partial charge >= 0.3 is 0 Å². The van der Waals surface area contributed by atoms with Gasteiger partial charge in [0.25, 0.3) is 5.91 Å². The normalized spacial score (nSPS) is 13.3. The minimum atomic E-state index is -0.331. The molecule has 7 heteroatoms. The lowest BCUT2D eigenvalue weighted by Crippen LogP contribution is -2.14. The lowest BCUT2D eigenvalue weighted by atomic mass is 10.4. The van der Waals surface area contributed by atoms with E-state index in [9.17, 15) is 4.79 Å². The zero-order valence-corrected chi connectivity index (χ0v) is 10.3. The number of carbonyl (C=O) groups is 1. The number of hydrogen-bond donors (Lipinski definition) is 2. The van der Waals surface area contributed by atoms with E-state index in [1.165, 1.54) is 28.6 Å². The van der Waals surface area contributed by atoms with Gasteiger partial charge in [0.2, 0.25) is 0 Å². The molecule has 0 bridgehead atoms. The monoisotopic (exact) mass is 261 g/mol. The van der Waals surface area contributed by atoms with Gasteiger partial charge in [-0.05, 0) is 19.3 Å². The Balaban J connectivity index is 1.78. The molecular weight excluding hydrogens is 250 g/mol. The number of amides is 1. The number of carbonyl (C=O) groups excluding carboxylic acids is 1. The van der Waals surface area contributed by atoms with E-state index in [0.717, 1.165) is 25.0 Å². The van der Waals surface area contributed by atoms with E-state index in [-0.39, 0.29) is 17.4 Å². The molecule has 0 saturated carbocycles. The van der Waals surface area contributed by atoms with Crippen LogP contribution in [0.15, 0.2) is 12.4 Å². The van der Waals surface area contributed by atoms with Gasteiger partial charge in [0, 0.05) is 4.88 Å². The molecule has 2 aromatic heterocycles. The Kier molecular flexibility index (Phi) is 2.67. The molecule has 0 atom stereocenters. The number of fused-ring (bicyclic) bond motifs is 1. The SMILES string of the molecule is Nc1cncc(C(=O)Nc2nc3c(s2)CCC3)n1. The molecule has 1 amide bonds. The molecule has 6 nitrogen and oxygen atoms in total. The Labute approximate surface area is 107 Å². The third-order valence-electron chi connectivity index (χ3n) is 2.70. The number of hydrogen-bond acceptors (Lipinski definition) is 6. The van der Waals surface area contributed by atoms with Crippen molar-refractivity contribution in [3.8, 4) is 0 Å². The summed E-state index contributed by atoms with van der Waals surface area (Å²) >= 11 is 1.53. The first-order valence-electron chi connectivity index (χ1n) is 5.60. The summed E-state index contributed by atoms with van der Waals surface area (Å²) in [6, 6.07) is 0. The fourth-order valence-electron chi connectivity index (χ4n) is 1.90. The van der Waals surface area contributed by atoms with Gasteiger partial charge in [-0.25, -0.2) is 9.97 Å². The summed E-state index contributed by atoms with van der Waals surface area (Å²) in [5.74, 6) is -0.105. The zero-order chi connectivity index (χ0) is 12.5. The minimum absolute atomic E-state index is 0.199. The van der Waals surface area contributed by atoms with Crippen molar-refractivity contribution in [3.05, 3.63) is 28.7 Å². The van der Waals surface area contributed by atoms with Crippen LogP contribution in [0.2, 0.25) is 0 Å². The second-order valence-electron chi connectivity index (χ2n) is 4.03. The molecule has 0 radical (unpaired) electrons. The fraction of sp³-hybridized carbons (Fsp3) is 0.273. The average Bonchev–Trinajstić information content (AvgIpc) is 2.89. The molecule has 2 aromatic rings. The summed E-state index contributed by atoms with van der Waals surface area (Å²) < 4.78 is 0. The molecule has 1 aliphatic carbocycles. The minimum Gasteiger partial charge on any atom is -0.382 e. The van der Waals surface area contributed by atoms with Gasteiger partial charge in [-0.15, -0.1) is 11.3 Å². The predicted molar refractivity (Wildman–Crippen MR) is 68.5 cm³/mol. The maximum Gasteiger partial charge on any atom is 0.277 e. The van der Waals surface area contributed by atoms with Crippen LogP contribution in [0.1, 0.15) is 27.5 Å². The number of nitrogens with one attached hydrogen (secondary N) is 1. The van der Waals surface area contributed by atoms with E-state index < -0.39 is 0 Å². The van der Waals surface area contributed by atoms with Crippen LogP contribution >= 0.6 is 11.3 Å². The lowest BCUT2D eigenvalue weighted by Gasteiger charge is -2.01. The van der Waals surface area contributed by atoms with Crippen molar-refractivity contribution in [2.75, 3.05) is 11.1 Å². The molecule has 0 aromatic carbocycles. The van der Waals surface area contributed by atoms with Crippen LogP contribution in [0, 0.1) is 0 Å². The van der Waals surface area contributed by atoms with E-state index in [1.54, 1.807) is 0 Å². The Hall–Kier alpha value is -2.02. The highest BCUT2D eigenvalue weighted by Crippen LogP contribution is 2.30. The number of aromatic nitrogens is 3. The van der Waals surface area contributed by atoms with Gasteiger partial charge in [0.1, 0.15) is 11.5 Å². The molecule has 0 spiro atoms. The van der Waals surface area contributed by atoms with Crippen molar-refractivity contribution in [2.45, 2.75) is 19.3 Å². The summed E-state index contributed by atoms with van der Waals surface area (Å²) in [6.07, 6.45) is 5.99. The first-order valence-corrected chi connectivity index (χ1v) is 6.41. The van der Waals surface area contributed by atoms with Crippen LogP contribution in [-0.4, -0.2) is 20.9 Å². The molecule has 1 aliphatic rings.